The van der Waals surface area contributed by atoms with E-state index in [2.05, 4.69) is 72.8 Å². The van der Waals surface area contributed by atoms with Gasteiger partial charge in [0, 0.05) is 98.7 Å². The van der Waals surface area contributed by atoms with Crippen molar-refractivity contribution in [3.63, 3.8) is 0 Å². The number of hydrogen-bond acceptors (Lipinski definition) is 16. The Balaban J connectivity index is 0.718. The van der Waals surface area contributed by atoms with E-state index in [9.17, 15) is 43.4 Å². The Hall–Kier alpha value is -7.07. The number of carbonyl (C=O) groups excluding carboxylic acids is 5. The number of nitrogens with zero attached hydrogens (tertiary/aromatic N) is 10. The van der Waals surface area contributed by atoms with Gasteiger partial charge in [-0.05, 0) is 125 Å². The lowest BCUT2D eigenvalue weighted by atomic mass is 9.90. The number of amides is 5. The zero-order valence-electron chi connectivity index (χ0n) is 45.3. The number of benzene rings is 1. The van der Waals surface area contributed by atoms with Gasteiger partial charge in [-0.25, -0.2) is 19.5 Å². The highest BCUT2D eigenvalue weighted by molar-refractivity contribution is 7.46. The number of pyridine rings is 3. The van der Waals surface area contributed by atoms with Gasteiger partial charge in [-0.3, -0.25) is 48.1 Å². The van der Waals surface area contributed by atoms with Gasteiger partial charge in [0.25, 0.3) is 23.6 Å². The summed E-state index contributed by atoms with van der Waals surface area (Å²) in [4.78, 5) is 111. The van der Waals surface area contributed by atoms with Crippen LogP contribution >= 0.6 is 7.82 Å². The van der Waals surface area contributed by atoms with Crippen molar-refractivity contribution in [2.75, 3.05) is 59.9 Å². The molecule has 4 aromatic heterocycles. The van der Waals surface area contributed by atoms with Crippen LogP contribution in [0.1, 0.15) is 121 Å². The Morgan fingerprint density at radius 3 is 2.27 bits per heavy atom. The molecule has 6 aliphatic rings. The van der Waals surface area contributed by atoms with E-state index in [0.717, 1.165) is 68.5 Å². The number of fused-ring (bicyclic) bond motifs is 4. The molecular weight excluding hydrogens is 1030 g/mol. The van der Waals surface area contributed by atoms with Crippen LogP contribution in [0.15, 0.2) is 67.1 Å². The summed E-state index contributed by atoms with van der Waals surface area (Å²) in [5.41, 5.74) is 7.85. The van der Waals surface area contributed by atoms with Gasteiger partial charge < -0.3 is 39.3 Å². The van der Waals surface area contributed by atoms with Crippen molar-refractivity contribution >= 4 is 66.1 Å². The second-order valence-corrected chi connectivity index (χ2v) is 23.7. The van der Waals surface area contributed by atoms with E-state index in [-0.39, 0.29) is 47.4 Å². The van der Waals surface area contributed by atoms with Crippen molar-refractivity contribution in [2.24, 2.45) is 5.41 Å². The number of ether oxygens (including phenoxy) is 1. The van der Waals surface area contributed by atoms with Crippen LogP contribution in [0.4, 0.5) is 28.7 Å². The Kier molecular flexibility index (Phi) is 14.0. The van der Waals surface area contributed by atoms with Crippen LogP contribution in [0.25, 0.3) is 11.1 Å². The molecule has 1 aromatic carbocycles. The first kappa shape index (κ1) is 53.9. The number of piperidine rings is 2. The van der Waals surface area contributed by atoms with Crippen LogP contribution in [0, 0.1) is 5.41 Å². The third kappa shape index (κ3) is 9.96. The molecule has 4 N–H and O–H groups in total. The molecule has 5 aromatic rings. The summed E-state index contributed by atoms with van der Waals surface area (Å²) >= 11 is 0. The van der Waals surface area contributed by atoms with Crippen LogP contribution in [0.3, 0.4) is 0 Å². The molecule has 0 saturated carbocycles. The fraction of sp³-hybridized carbons (Fsp3) is 0.464. The molecular formula is C56H66N11O11P. The molecule has 416 valence electrons. The molecule has 11 rings (SSSR count). The maximum absolute atomic E-state index is 14.1. The zero-order chi connectivity index (χ0) is 56.0. The van der Waals surface area contributed by atoms with E-state index >= 15 is 0 Å². The van der Waals surface area contributed by atoms with Crippen molar-refractivity contribution in [1.29, 1.82) is 0 Å². The highest BCUT2D eigenvalue weighted by Gasteiger charge is 2.49. The second-order valence-electron chi connectivity index (χ2n) is 22.5. The summed E-state index contributed by atoms with van der Waals surface area (Å²) in [5.74, 6) is -1.78. The lowest BCUT2D eigenvalue weighted by Gasteiger charge is -2.48. The molecule has 0 radical (unpaired) electrons. The van der Waals surface area contributed by atoms with Gasteiger partial charge in [0.05, 0.1) is 36.2 Å². The average Bonchev–Trinajstić information content (AvgIpc) is 4.13. The summed E-state index contributed by atoms with van der Waals surface area (Å²) in [7, 11) is -3.51. The van der Waals surface area contributed by atoms with E-state index in [0.29, 0.717) is 76.2 Å². The maximum Gasteiger partial charge on any atom is 0.471 e. The zero-order valence-corrected chi connectivity index (χ0v) is 46.2. The van der Waals surface area contributed by atoms with Crippen LogP contribution in [0.2, 0.25) is 0 Å². The number of imide groups is 2. The largest absolute Gasteiger partial charge is 0.480 e. The second kappa shape index (κ2) is 20.5. The third-order valence-corrected chi connectivity index (χ3v) is 17.2. The van der Waals surface area contributed by atoms with Gasteiger partial charge in [0.15, 0.2) is 0 Å². The first-order valence-corrected chi connectivity index (χ1v) is 28.5. The molecule has 4 unspecified atom stereocenters. The van der Waals surface area contributed by atoms with Crippen LogP contribution in [-0.2, 0) is 38.1 Å². The lowest BCUT2D eigenvalue weighted by molar-refractivity contribution is -0.161. The minimum absolute atomic E-state index is 0.0953. The van der Waals surface area contributed by atoms with Gasteiger partial charge in [-0.2, -0.15) is 0 Å². The number of hydrogen-bond donors (Lipinski definition) is 4. The number of phosphoric acid groups is 1. The van der Waals surface area contributed by atoms with Crippen molar-refractivity contribution < 1.29 is 52.7 Å². The van der Waals surface area contributed by atoms with Gasteiger partial charge in [0.1, 0.15) is 35.3 Å². The molecule has 0 bridgehead atoms. The molecule has 5 amide bonds. The number of anilines is 5. The summed E-state index contributed by atoms with van der Waals surface area (Å²) in [6.07, 6.45) is 5.91. The molecule has 3 saturated heterocycles. The highest BCUT2D eigenvalue weighted by Crippen LogP contribution is 2.43. The van der Waals surface area contributed by atoms with Crippen molar-refractivity contribution in [3.05, 3.63) is 101 Å². The molecule has 22 nitrogen and oxygen atoms in total. The van der Waals surface area contributed by atoms with Gasteiger partial charge >= 0.3 is 7.82 Å². The van der Waals surface area contributed by atoms with Crippen molar-refractivity contribution in [1.82, 2.24) is 34.2 Å². The molecule has 3 fully saturated rings. The number of phosphoric ester groups is 1. The average molecular weight is 1100 g/mol. The molecule has 9 heterocycles. The molecule has 23 heteroatoms. The molecule has 5 aliphatic heterocycles. The third-order valence-electron chi connectivity index (χ3n) is 16.6. The maximum atomic E-state index is 14.1. The number of piperazine rings is 1. The van der Waals surface area contributed by atoms with E-state index in [4.69, 9.17) is 9.72 Å². The Morgan fingerprint density at radius 2 is 1.56 bits per heavy atom. The van der Waals surface area contributed by atoms with Gasteiger partial charge in [0.2, 0.25) is 11.8 Å². The summed E-state index contributed by atoms with van der Waals surface area (Å²) in [6.45, 7) is 16.0. The Bertz CT molecular complexity index is 3340. The molecule has 0 spiro atoms. The Labute approximate surface area is 457 Å². The predicted octanol–water partition coefficient (Wildman–Crippen LogP) is 6.07. The number of likely N-dealkylation sites (tertiary alicyclic amines) is 1. The number of aliphatic hydroxyl groups excluding tert-OH is 1. The molecule has 79 heavy (non-hydrogen) atoms. The minimum atomic E-state index is -5.07. The predicted molar refractivity (Wildman–Crippen MR) is 292 cm³/mol. The summed E-state index contributed by atoms with van der Waals surface area (Å²) in [5, 5.41) is 14.7. The van der Waals surface area contributed by atoms with Crippen LogP contribution < -0.4 is 24.8 Å². The quantitative estimate of drug-likeness (QED) is 0.0771. The SMILES string of the molecule is COc1ncc(-c2ccnc(N3CCn4c(cc5c4CC(C)(C)C5)C3=O)c2C(C)O)cc1Nc1ccc(N2CCN(C3CCN(c4ccc5c(c4)C(=O)N(C4CCC(=O)N(C(C)OP(=O)(O)O)C4=O)C5=O)[C@H](C)C3)C[C@@H]2C)cn1. The van der Waals surface area contributed by atoms with E-state index in [1.54, 1.807) is 43.5 Å². The molecule has 6 atom stereocenters. The van der Waals surface area contributed by atoms with E-state index in [1.807, 2.05) is 36.5 Å². The Morgan fingerprint density at radius 1 is 0.797 bits per heavy atom. The number of methoxy groups -OCH3 is 1. The monoisotopic (exact) mass is 1100 g/mol. The smallest absolute Gasteiger partial charge is 0.471 e. The first-order valence-electron chi connectivity index (χ1n) is 27.0. The summed E-state index contributed by atoms with van der Waals surface area (Å²) in [6, 6.07) is 14.1. The fourth-order valence-corrected chi connectivity index (χ4v) is 13.5. The number of aliphatic hydroxyl groups is 1. The first-order chi connectivity index (χ1) is 37.6. The summed E-state index contributed by atoms with van der Waals surface area (Å²) < 4.78 is 24.0. The van der Waals surface area contributed by atoms with Gasteiger partial charge in [-0.15, -0.1) is 0 Å². The van der Waals surface area contributed by atoms with Crippen molar-refractivity contribution in [2.45, 2.75) is 123 Å². The lowest BCUT2D eigenvalue weighted by Crippen LogP contribution is -2.58. The van der Waals surface area contributed by atoms with Crippen molar-refractivity contribution in [3.8, 4) is 17.0 Å². The van der Waals surface area contributed by atoms with Gasteiger partial charge in [-0.1, -0.05) is 13.8 Å². The fourth-order valence-electron chi connectivity index (χ4n) is 13.0. The standard InChI is InChI=1S/C56H66N11O11P/c1-31-22-37(15-17-62(31)38-8-10-41-42(25-38)53(71)67(52(41)70)44-11-13-48(69)66(55(44)73)34(4)78-79(74,75)76)61-18-19-63(32(2)30-61)39-9-12-47(58-29-39)60-43-23-36(28-59-51(43)77-7)40-14-16-57-50(49(40)33(3)68)65-21-20-64-45(54(65)72)24-35-26-56(5,6)27-46(35)64/h8-10,12,14,16,23-25,28-29,31-34,37,44,68H,11,13,15,17-22,26-27,30H2,1-7H3,(H,58,60)(H2,74,75,76)/t31-,32+,33?,34?,37?,44?/m1/s1. The number of nitrogens with one attached hydrogen (secondary N) is 1. The normalized spacial score (nSPS) is 23.3. The number of rotatable bonds is 13. The number of carbonyl (C=O) groups is 5. The van der Waals surface area contributed by atoms with Crippen LogP contribution in [0.5, 0.6) is 5.88 Å². The minimum Gasteiger partial charge on any atom is -0.480 e. The van der Waals surface area contributed by atoms with Crippen LogP contribution in [-0.4, -0.2) is 149 Å². The van der Waals surface area contributed by atoms with E-state index < -0.39 is 49.8 Å². The topological polar surface area (TPSA) is 257 Å². The highest BCUT2D eigenvalue weighted by atomic mass is 31.2. The molecule has 1 aliphatic carbocycles. The van der Waals surface area contributed by atoms with E-state index in [1.165, 1.54) is 11.3 Å². The number of aromatic nitrogens is 4.